The van der Waals surface area contributed by atoms with Crippen LogP contribution in [0.3, 0.4) is 0 Å². The Morgan fingerprint density at radius 3 is 2.12 bits per heavy atom. The van der Waals surface area contributed by atoms with E-state index >= 15 is 0 Å². The summed E-state index contributed by atoms with van der Waals surface area (Å²) in [5.41, 5.74) is 12.5. The predicted octanol–water partition coefficient (Wildman–Crippen LogP) is 0.334. The van der Waals surface area contributed by atoms with Crippen molar-refractivity contribution < 1.29 is 14.7 Å². The molecule has 132 valence electrons. The quantitative estimate of drug-likeness (QED) is 0.574. The molecule has 0 spiro atoms. The van der Waals surface area contributed by atoms with Crippen LogP contribution < -0.4 is 11.5 Å². The lowest BCUT2D eigenvalue weighted by Gasteiger charge is -2.12. The Bertz CT molecular complexity index is 733. The van der Waals surface area contributed by atoms with Crippen molar-refractivity contribution in [2.75, 3.05) is 0 Å². The number of aliphatic carboxylic acids is 1. The van der Waals surface area contributed by atoms with Gasteiger partial charge in [-0.3, -0.25) is 9.59 Å². The SMILES string of the molecule is Cc1nnc(-c2ccc(C(=O)C(N)CCC[C@H](N)C(=O)O)cc2)nn1. The van der Waals surface area contributed by atoms with Crippen LogP contribution in [0.15, 0.2) is 24.3 Å². The van der Waals surface area contributed by atoms with Gasteiger partial charge >= 0.3 is 5.97 Å². The Balaban J connectivity index is 1.95. The summed E-state index contributed by atoms with van der Waals surface area (Å²) >= 11 is 0. The van der Waals surface area contributed by atoms with E-state index in [-0.39, 0.29) is 12.2 Å². The highest BCUT2D eigenvalue weighted by Gasteiger charge is 2.18. The Morgan fingerprint density at radius 2 is 1.56 bits per heavy atom. The molecule has 9 heteroatoms. The number of carboxylic acid groups (broad SMARTS) is 1. The first kappa shape index (κ1) is 18.6. The fraction of sp³-hybridized carbons (Fsp3) is 0.375. The minimum absolute atomic E-state index is 0.212. The molecule has 2 aromatic rings. The zero-order valence-electron chi connectivity index (χ0n) is 13.8. The molecule has 1 aromatic heterocycles. The summed E-state index contributed by atoms with van der Waals surface area (Å²) in [6, 6.07) is 5.06. The largest absolute Gasteiger partial charge is 0.480 e. The molecule has 0 bridgehead atoms. The monoisotopic (exact) mass is 344 g/mol. The van der Waals surface area contributed by atoms with Gasteiger partial charge in [-0.15, -0.1) is 20.4 Å². The third-order valence-electron chi connectivity index (χ3n) is 3.69. The van der Waals surface area contributed by atoms with Crippen LogP contribution >= 0.6 is 0 Å². The molecule has 0 amide bonds. The lowest BCUT2D eigenvalue weighted by molar-refractivity contribution is -0.138. The van der Waals surface area contributed by atoms with Crippen LogP contribution in [0.25, 0.3) is 11.4 Å². The standard InChI is InChI=1S/C16H20N6O3/c1-9-19-21-15(22-20-9)11-7-5-10(6-8-11)14(23)12(17)3-2-4-13(18)16(24)25/h5-8,12-13H,2-4,17-18H2,1H3,(H,24,25)/t12?,13-/m0/s1. The molecule has 0 aliphatic rings. The number of nitrogens with zero attached hydrogens (tertiary/aromatic N) is 4. The number of carbonyl (C=O) groups is 2. The van der Waals surface area contributed by atoms with Crippen molar-refractivity contribution in [3.05, 3.63) is 35.7 Å². The van der Waals surface area contributed by atoms with Gasteiger partial charge in [0.1, 0.15) is 6.04 Å². The highest BCUT2D eigenvalue weighted by molar-refractivity contribution is 6.00. The third-order valence-corrected chi connectivity index (χ3v) is 3.69. The van der Waals surface area contributed by atoms with Crippen molar-refractivity contribution >= 4 is 11.8 Å². The van der Waals surface area contributed by atoms with Gasteiger partial charge in [0.25, 0.3) is 0 Å². The van der Waals surface area contributed by atoms with Crippen LogP contribution in [0, 0.1) is 6.92 Å². The van der Waals surface area contributed by atoms with E-state index in [1.807, 2.05) is 0 Å². The summed E-state index contributed by atoms with van der Waals surface area (Å²) in [6.07, 6.45) is 1.11. The van der Waals surface area contributed by atoms with E-state index in [1.165, 1.54) is 0 Å². The van der Waals surface area contributed by atoms with Crippen LogP contribution in [0.2, 0.25) is 0 Å². The van der Waals surface area contributed by atoms with Crippen LogP contribution in [0.4, 0.5) is 0 Å². The number of rotatable bonds is 8. The topological polar surface area (TPSA) is 158 Å². The Labute approximate surface area is 144 Å². The van der Waals surface area contributed by atoms with E-state index in [2.05, 4.69) is 20.4 Å². The van der Waals surface area contributed by atoms with Gasteiger partial charge in [0.2, 0.25) is 5.82 Å². The number of ketones is 1. The van der Waals surface area contributed by atoms with Crippen LogP contribution in [-0.4, -0.2) is 49.3 Å². The van der Waals surface area contributed by atoms with Gasteiger partial charge in [0.15, 0.2) is 11.6 Å². The van der Waals surface area contributed by atoms with E-state index in [9.17, 15) is 9.59 Å². The number of Topliss-reactive ketones (excluding diaryl/α,β-unsaturated/α-hetero) is 1. The first-order valence-corrected chi connectivity index (χ1v) is 7.81. The fourth-order valence-corrected chi connectivity index (χ4v) is 2.20. The highest BCUT2D eigenvalue weighted by Crippen LogP contribution is 2.16. The Morgan fingerprint density at radius 1 is 1.00 bits per heavy atom. The van der Waals surface area contributed by atoms with Crippen molar-refractivity contribution in [3.63, 3.8) is 0 Å². The minimum atomic E-state index is -1.06. The number of benzene rings is 1. The van der Waals surface area contributed by atoms with Gasteiger partial charge in [0, 0.05) is 11.1 Å². The second-order valence-corrected chi connectivity index (χ2v) is 5.69. The molecule has 0 aliphatic heterocycles. The molecule has 1 unspecified atom stereocenters. The van der Waals surface area contributed by atoms with Gasteiger partial charge in [-0.25, -0.2) is 0 Å². The van der Waals surface area contributed by atoms with E-state index < -0.39 is 18.1 Å². The predicted molar refractivity (Wildman–Crippen MR) is 89.6 cm³/mol. The van der Waals surface area contributed by atoms with Gasteiger partial charge < -0.3 is 16.6 Å². The van der Waals surface area contributed by atoms with Crippen LogP contribution in [0.1, 0.15) is 35.4 Å². The van der Waals surface area contributed by atoms with Crippen molar-refractivity contribution in [3.8, 4) is 11.4 Å². The van der Waals surface area contributed by atoms with Crippen LogP contribution in [-0.2, 0) is 4.79 Å². The first-order valence-electron chi connectivity index (χ1n) is 7.81. The normalized spacial score (nSPS) is 13.2. The second-order valence-electron chi connectivity index (χ2n) is 5.69. The molecule has 2 rings (SSSR count). The zero-order valence-corrected chi connectivity index (χ0v) is 13.8. The van der Waals surface area contributed by atoms with Crippen LogP contribution in [0.5, 0.6) is 0 Å². The lowest BCUT2D eigenvalue weighted by atomic mass is 9.98. The number of hydrogen-bond donors (Lipinski definition) is 3. The molecule has 5 N–H and O–H groups in total. The number of aryl methyl sites for hydroxylation is 1. The number of aromatic nitrogens is 4. The smallest absolute Gasteiger partial charge is 0.320 e. The average Bonchev–Trinajstić information content (AvgIpc) is 2.61. The summed E-state index contributed by atoms with van der Waals surface area (Å²) in [4.78, 5) is 23.0. The van der Waals surface area contributed by atoms with E-state index in [4.69, 9.17) is 16.6 Å². The lowest BCUT2D eigenvalue weighted by Crippen LogP contribution is -2.33. The first-order chi connectivity index (χ1) is 11.9. The number of carbonyl (C=O) groups excluding carboxylic acids is 1. The highest BCUT2D eigenvalue weighted by atomic mass is 16.4. The molecular formula is C16H20N6O3. The molecule has 0 saturated heterocycles. The molecule has 9 nitrogen and oxygen atoms in total. The van der Waals surface area contributed by atoms with E-state index in [0.29, 0.717) is 35.6 Å². The second kappa shape index (κ2) is 8.36. The minimum Gasteiger partial charge on any atom is -0.480 e. The van der Waals surface area contributed by atoms with Gasteiger partial charge in [-0.05, 0) is 26.2 Å². The molecular weight excluding hydrogens is 324 g/mol. The average molecular weight is 344 g/mol. The van der Waals surface area contributed by atoms with Gasteiger partial charge in [0.05, 0.1) is 6.04 Å². The maximum atomic E-state index is 12.3. The molecule has 2 atom stereocenters. The van der Waals surface area contributed by atoms with E-state index in [0.717, 1.165) is 0 Å². The van der Waals surface area contributed by atoms with Gasteiger partial charge in [-0.1, -0.05) is 24.3 Å². The van der Waals surface area contributed by atoms with Gasteiger partial charge in [-0.2, -0.15) is 0 Å². The maximum Gasteiger partial charge on any atom is 0.320 e. The summed E-state index contributed by atoms with van der Waals surface area (Å²) in [5.74, 6) is -0.421. The van der Waals surface area contributed by atoms with Crippen molar-refractivity contribution in [1.82, 2.24) is 20.4 Å². The number of nitrogens with two attached hydrogens (primary N) is 2. The maximum absolute atomic E-state index is 12.3. The summed E-state index contributed by atoms with van der Waals surface area (Å²) in [7, 11) is 0. The molecule has 1 heterocycles. The third kappa shape index (κ3) is 5.10. The molecule has 0 saturated carbocycles. The summed E-state index contributed by atoms with van der Waals surface area (Å²) < 4.78 is 0. The fourth-order valence-electron chi connectivity index (χ4n) is 2.20. The van der Waals surface area contributed by atoms with Crippen molar-refractivity contribution in [2.45, 2.75) is 38.3 Å². The molecule has 1 aromatic carbocycles. The Hall–Kier alpha value is -2.78. The molecule has 0 fully saturated rings. The summed E-state index contributed by atoms with van der Waals surface area (Å²) in [5, 5.41) is 24.3. The summed E-state index contributed by atoms with van der Waals surface area (Å²) in [6.45, 7) is 1.69. The van der Waals surface area contributed by atoms with Crippen molar-refractivity contribution in [1.29, 1.82) is 0 Å². The Kier molecular flexibility index (Phi) is 6.20. The van der Waals surface area contributed by atoms with E-state index in [1.54, 1.807) is 31.2 Å². The number of hydrogen-bond acceptors (Lipinski definition) is 8. The zero-order chi connectivity index (χ0) is 18.4. The molecule has 0 aliphatic carbocycles. The number of carboxylic acids is 1. The molecule has 0 radical (unpaired) electrons. The molecule has 25 heavy (non-hydrogen) atoms. The van der Waals surface area contributed by atoms with Crippen molar-refractivity contribution in [2.24, 2.45) is 11.5 Å².